The number of hydrogen-bond acceptors (Lipinski definition) is 3. The van der Waals surface area contributed by atoms with E-state index in [1.54, 1.807) is 24.1 Å². The van der Waals surface area contributed by atoms with Crippen LogP contribution in [-0.2, 0) is 23.1 Å². The summed E-state index contributed by atoms with van der Waals surface area (Å²) in [5.74, 6) is -0.183. The summed E-state index contributed by atoms with van der Waals surface area (Å²) in [5.41, 5.74) is 1.65. The number of halogens is 1. The van der Waals surface area contributed by atoms with Crippen LogP contribution in [0.25, 0.3) is 0 Å². The molecule has 0 spiro atoms. The highest BCUT2D eigenvalue weighted by Gasteiger charge is 2.34. The molecule has 1 aromatic heterocycles. The Labute approximate surface area is 174 Å². The number of rotatable bonds is 9. The van der Waals surface area contributed by atoms with Crippen LogP contribution in [0.15, 0.2) is 47.1 Å². The van der Waals surface area contributed by atoms with Crippen molar-refractivity contribution in [2.75, 3.05) is 26.8 Å². The second-order valence-corrected chi connectivity index (χ2v) is 8.01. The van der Waals surface area contributed by atoms with Gasteiger partial charge in [0.2, 0.25) is 5.91 Å². The van der Waals surface area contributed by atoms with Gasteiger partial charge in [0, 0.05) is 48.7 Å². The van der Waals surface area contributed by atoms with Crippen LogP contribution >= 0.6 is 15.9 Å². The minimum atomic E-state index is -0.160. The van der Waals surface area contributed by atoms with Gasteiger partial charge in [-0.15, -0.1) is 0 Å². The second-order valence-electron chi connectivity index (χ2n) is 7.09. The zero-order valence-electron chi connectivity index (χ0n) is 16.3. The average molecular weight is 448 g/mol. The minimum Gasteiger partial charge on any atom is -0.383 e. The Morgan fingerprint density at radius 3 is 2.50 bits per heavy atom. The predicted octanol–water partition coefficient (Wildman–Crippen LogP) is 3.07. The number of aryl methyl sites for hydroxylation is 1. The number of hydrogen-bond donors (Lipinski definition) is 0. The third-order valence-electron chi connectivity index (χ3n) is 4.96. The van der Waals surface area contributed by atoms with Gasteiger partial charge in [-0.05, 0) is 49.2 Å². The van der Waals surface area contributed by atoms with Crippen LogP contribution in [0.4, 0.5) is 0 Å². The molecule has 150 valence electrons. The lowest BCUT2D eigenvalue weighted by atomic mass is 10.2. The molecule has 0 saturated heterocycles. The zero-order valence-corrected chi connectivity index (χ0v) is 17.9. The molecular weight excluding hydrogens is 422 g/mol. The molecule has 1 heterocycles. The van der Waals surface area contributed by atoms with E-state index in [9.17, 15) is 9.59 Å². The molecule has 3 rings (SSSR count). The highest BCUT2D eigenvalue weighted by atomic mass is 79.9. The van der Waals surface area contributed by atoms with Crippen molar-refractivity contribution in [3.05, 3.63) is 58.3 Å². The molecule has 7 heteroatoms. The Kier molecular flexibility index (Phi) is 6.91. The molecule has 0 atom stereocenters. The topological polar surface area (TPSA) is 54.8 Å². The molecule has 0 aliphatic heterocycles. The third kappa shape index (κ3) is 5.23. The maximum Gasteiger partial charge on any atom is 0.254 e. The summed E-state index contributed by atoms with van der Waals surface area (Å²) in [5, 5.41) is 0. The Morgan fingerprint density at radius 1 is 1.21 bits per heavy atom. The molecule has 1 aromatic carbocycles. The summed E-state index contributed by atoms with van der Waals surface area (Å²) in [6.45, 7) is 1.38. The van der Waals surface area contributed by atoms with Crippen LogP contribution in [0.3, 0.4) is 0 Å². The van der Waals surface area contributed by atoms with E-state index in [2.05, 4.69) is 15.9 Å². The monoisotopic (exact) mass is 447 g/mol. The van der Waals surface area contributed by atoms with Gasteiger partial charge in [0.1, 0.15) is 6.54 Å². The van der Waals surface area contributed by atoms with Gasteiger partial charge in [0.05, 0.1) is 13.2 Å². The second kappa shape index (κ2) is 9.39. The van der Waals surface area contributed by atoms with E-state index in [0.717, 1.165) is 23.0 Å². The lowest BCUT2D eigenvalue weighted by molar-refractivity contribution is -0.133. The van der Waals surface area contributed by atoms with Crippen LogP contribution in [0.1, 0.15) is 28.9 Å². The SMILES string of the molecule is COCCN(CC(=O)N(Cc1cccn1C)C1CC1)C(=O)c1ccc(Br)cc1. The number of benzene rings is 1. The fourth-order valence-corrected chi connectivity index (χ4v) is 3.39. The summed E-state index contributed by atoms with van der Waals surface area (Å²) in [4.78, 5) is 29.5. The molecule has 28 heavy (non-hydrogen) atoms. The van der Waals surface area contributed by atoms with Crippen molar-refractivity contribution in [3.8, 4) is 0 Å². The van der Waals surface area contributed by atoms with Gasteiger partial charge in [-0.1, -0.05) is 15.9 Å². The highest BCUT2D eigenvalue weighted by Crippen LogP contribution is 2.28. The molecule has 1 saturated carbocycles. The third-order valence-corrected chi connectivity index (χ3v) is 5.49. The quantitative estimate of drug-likeness (QED) is 0.593. The molecule has 1 aliphatic carbocycles. The summed E-state index contributed by atoms with van der Waals surface area (Å²) in [6.07, 6.45) is 4.02. The molecule has 0 unspecified atom stereocenters. The zero-order chi connectivity index (χ0) is 20.1. The van der Waals surface area contributed by atoms with Gasteiger partial charge in [-0.3, -0.25) is 9.59 Å². The van der Waals surface area contributed by atoms with Crippen LogP contribution in [0.2, 0.25) is 0 Å². The van der Waals surface area contributed by atoms with E-state index in [0.29, 0.717) is 25.3 Å². The van der Waals surface area contributed by atoms with Crippen molar-refractivity contribution in [2.45, 2.75) is 25.4 Å². The Hall–Kier alpha value is -2.12. The van der Waals surface area contributed by atoms with Gasteiger partial charge < -0.3 is 19.1 Å². The number of carbonyl (C=O) groups is 2. The van der Waals surface area contributed by atoms with E-state index >= 15 is 0 Å². The molecule has 1 fully saturated rings. The highest BCUT2D eigenvalue weighted by molar-refractivity contribution is 9.10. The number of nitrogens with zero attached hydrogens (tertiary/aromatic N) is 3. The van der Waals surface area contributed by atoms with Crippen molar-refractivity contribution in [2.24, 2.45) is 7.05 Å². The van der Waals surface area contributed by atoms with Crippen LogP contribution < -0.4 is 0 Å². The van der Waals surface area contributed by atoms with Gasteiger partial charge >= 0.3 is 0 Å². The lowest BCUT2D eigenvalue weighted by Gasteiger charge is -2.28. The molecule has 0 bridgehead atoms. The number of carbonyl (C=O) groups excluding carboxylic acids is 2. The van der Waals surface area contributed by atoms with Gasteiger partial charge in [0.25, 0.3) is 5.91 Å². The van der Waals surface area contributed by atoms with Crippen molar-refractivity contribution in [1.29, 1.82) is 0 Å². The molecule has 0 radical (unpaired) electrons. The molecule has 0 N–H and O–H groups in total. The summed E-state index contributed by atoms with van der Waals surface area (Å²) >= 11 is 3.38. The minimum absolute atomic E-state index is 0.0229. The van der Waals surface area contributed by atoms with E-state index in [1.165, 1.54) is 0 Å². The molecule has 2 aromatic rings. The number of aromatic nitrogens is 1. The van der Waals surface area contributed by atoms with E-state index in [-0.39, 0.29) is 24.4 Å². The largest absolute Gasteiger partial charge is 0.383 e. The van der Waals surface area contributed by atoms with Crippen molar-refractivity contribution in [1.82, 2.24) is 14.4 Å². The normalized spacial score (nSPS) is 13.4. The van der Waals surface area contributed by atoms with E-state index in [4.69, 9.17) is 4.74 Å². The fourth-order valence-electron chi connectivity index (χ4n) is 3.13. The molecule has 6 nitrogen and oxygen atoms in total. The first-order valence-electron chi connectivity index (χ1n) is 9.43. The number of methoxy groups -OCH3 is 1. The van der Waals surface area contributed by atoms with Crippen LogP contribution in [0.5, 0.6) is 0 Å². The summed E-state index contributed by atoms with van der Waals surface area (Å²) in [7, 11) is 3.57. The van der Waals surface area contributed by atoms with Crippen molar-refractivity contribution in [3.63, 3.8) is 0 Å². The van der Waals surface area contributed by atoms with Crippen molar-refractivity contribution < 1.29 is 14.3 Å². The van der Waals surface area contributed by atoms with Gasteiger partial charge in [0.15, 0.2) is 0 Å². The Balaban J connectivity index is 1.72. The maximum absolute atomic E-state index is 13.1. The molecular formula is C21H26BrN3O3. The van der Waals surface area contributed by atoms with Crippen molar-refractivity contribution >= 4 is 27.7 Å². The fraction of sp³-hybridized carbons (Fsp3) is 0.429. The number of ether oxygens (including phenoxy) is 1. The smallest absolute Gasteiger partial charge is 0.254 e. The summed E-state index contributed by atoms with van der Waals surface area (Å²) in [6, 6.07) is 11.5. The van der Waals surface area contributed by atoms with Crippen LogP contribution in [-0.4, -0.2) is 59.0 Å². The van der Waals surface area contributed by atoms with Gasteiger partial charge in [-0.2, -0.15) is 0 Å². The first-order valence-corrected chi connectivity index (χ1v) is 10.2. The Morgan fingerprint density at radius 2 is 1.93 bits per heavy atom. The van der Waals surface area contributed by atoms with E-state index in [1.807, 2.05) is 47.0 Å². The summed E-state index contributed by atoms with van der Waals surface area (Å²) < 4.78 is 8.09. The van der Waals surface area contributed by atoms with Gasteiger partial charge in [-0.25, -0.2) is 0 Å². The predicted molar refractivity (Wildman–Crippen MR) is 111 cm³/mol. The molecule has 1 aliphatic rings. The lowest BCUT2D eigenvalue weighted by Crippen LogP contribution is -2.44. The standard InChI is InChI=1S/C21H26BrN3O3/c1-23-11-3-4-19(23)14-25(18-9-10-18)20(26)15-24(12-13-28-2)21(27)16-5-7-17(22)8-6-16/h3-8,11,18H,9-10,12-15H2,1-2H3. The number of amides is 2. The molecule has 2 amide bonds. The Bertz CT molecular complexity index is 815. The first-order chi connectivity index (χ1) is 13.5. The average Bonchev–Trinajstić information content (AvgIpc) is 3.45. The van der Waals surface area contributed by atoms with E-state index < -0.39 is 0 Å². The first kappa shape index (κ1) is 20.6. The van der Waals surface area contributed by atoms with Crippen LogP contribution in [0, 0.1) is 0 Å². The maximum atomic E-state index is 13.1.